The second kappa shape index (κ2) is 38.1. The van der Waals surface area contributed by atoms with Gasteiger partial charge in [-0.2, -0.15) is 31.6 Å². The van der Waals surface area contributed by atoms with Crippen LogP contribution in [0.4, 0.5) is 27.8 Å². The van der Waals surface area contributed by atoms with Crippen molar-refractivity contribution in [3.8, 4) is 0 Å². The van der Waals surface area contributed by atoms with Gasteiger partial charge in [-0.1, -0.05) is 77.3 Å². The largest absolute Gasteiger partial charge is 0.490 e. The Morgan fingerprint density at radius 2 is 1.50 bits per heavy atom. The molecular weight excluding hydrogens is 1600 g/mol. The molecule has 8 rings (SSSR count). The van der Waals surface area contributed by atoms with Crippen molar-refractivity contribution in [2.45, 2.75) is 143 Å². The molecule has 600 valence electrons. The second-order valence-corrected chi connectivity index (χ2v) is 36.0. The Bertz CT molecular complexity index is 4590. The minimum Gasteiger partial charge on any atom is -0.449 e. The summed E-state index contributed by atoms with van der Waals surface area (Å²) >= 11 is 0.877. The number of fused-ring (bicyclic) bond motifs is 2. The fourth-order valence-corrected chi connectivity index (χ4v) is 18.5. The van der Waals surface area contributed by atoms with Crippen LogP contribution < -0.4 is 38.0 Å². The number of nitrogens with two attached hydrogens (primary N) is 1. The molecule has 0 aliphatic carbocycles. The van der Waals surface area contributed by atoms with E-state index in [0.717, 1.165) is 60.6 Å². The summed E-state index contributed by atoms with van der Waals surface area (Å²) in [4.78, 5) is 131. The number of nitrogens with one attached hydrogen (secondary N) is 3. The van der Waals surface area contributed by atoms with Gasteiger partial charge in [-0.25, -0.2) is 37.9 Å². The molecule has 3 amide bonds. The van der Waals surface area contributed by atoms with Gasteiger partial charge in [0.25, 0.3) is 10.1 Å². The first-order chi connectivity index (χ1) is 51.1. The van der Waals surface area contributed by atoms with Crippen LogP contribution in [-0.4, -0.2) is 187 Å². The SMILES string of the molecule is CC[N+]1=C(/C=C/C=C/C=C2/N(CCCCCC(=O)NC(CSSCCCOC(=O)Nc3ccn([C@H]4C[C@@H](O)[C@@H](COP(=O)(O)OP(=O)(O)OP(=O)(O)O)O4)c(=O)n3)C(=O)NC/C=C/c3cn([C@H]4C[C@@H](O)[C@@H](COP(=O)(O)O)O4)c(=O)nc3N)c3ccc(S(=O)(=O)O)cc3C2(C)C)C(C)(C)c2cc(SOOO)ccc21. The van der Waals surface area contributed by atoms with Crippen LogP contribution in [0.3, 0.4) is 0 Å². The van der Waals surface area contributed by atoms with Crippen LogP contribution in [0.25, 0.3) is 6.08 Å². The molecule has 2 saturated heterocycles. The summed E-state index contributed by atoms with van der Waals surface area (Å²) in [6.07, 6.45) is 7.56. The maximum absolute atomic E-state index is 13.9. The third kappa shape index (κ3) is 24.9. The number of nitrogens with zero attached hydrogens (tertiary/aromatic N) is 6. The van der Waals surface area contributed by atoms with Gasteiger partial charge in [0.2, 0.25) is 17.5 Å². The van der Waals surface area contributed by atoms with Crippen molar-refractivity contribution >= 4 is 128 Å². The van der Waals surface area contributed by atoms with Crippen LogP contribution in [-0.2, 0) is 90.0 Å². The Kier molecular flexibility index (Phi) is 30.9. The summed E-state index contributed by atoms with van der Waals surface area (Å²) in [7, 11) is -24.0. The van der Waals surface area contributed by atoms with Crippen LogP contribution in [0.1, 0.15) is 109 Å². The van der Waals surface area contributed by atoms with Gasteiger partial charge >= 0.3 is 48.8 Å². The fourth-order valence-electron chi connectivity index (χ4n) is 12.0. The standard InChI is InChI=1S/C61H82N10O30P4S4/c1-6-68-43-21-19-38(108-99-98-79)29-40(43)60(2,3)49(68)16-9-7-10-17-50-61(4,5)41-30-39(109(90,91)92)20-22-44(41)69(50)25-12-8-11-18-52(74)64-42(56(75)63-24-13-15-37-33-71(58(77)67-55(37)62)54-32-46(73)47(97-54)34-94-102(80,81)82)36-107-106-28-14-27-93-59(78)66-51-23-26-70(57(76)65-51)53-31-45(72)48(96-53)35-95-104(86,87)101-105(88,89)100-103(83,84)85/h7,9-10,13,15-17,19-23,26,29-30,33,42,45-48,53-54,72-73H,6,8,11-12,14,18,24-25,27-28,31-32,34-36H2,1-5H3,(H12-,62,63,64,65,66,67,74,75,76,77,78,79,80,81,82,83,84,85,86,87,88,89,90,91,92)/p+1/b15-13+/t42?,45-,46-,47-,48-,53-,54-/m1/s1. The minimum absolute atomic E-state index is 0.00895. The van der Waals surface area contributed by atoms with Crippen LogP contribution in [0.2, 0.25) is 0 Å². The van der Waals surface area contributed by atoms with Crippen molar-refractivity contribution in [2.75, 3.05) is 66.9 Å². The summed E-state index contributed by atoms with van der Waals surface area (Å²) in [5.74, 6) is -1.10. The lowest BCUT2D eigenvalue weighted by Crippen LogP contribution is -2.48. The number of carbonyl (C=O) groups is 3. The number of benzene rings is 2. The predicted octanol–water partition coefficient (Wildman–Crippen LogP) is 5.89. The van der Waals surface area contributed by atoms with E-state index >= 15 is 0 Å². The molecule has 0 bridgehead atoms. The third-order valence-corrected chi connectivity index (χ3v) is 25.3. The number of rotatable bonds is 39. The van der Waals surface area contributed by atoms with Gasteiger partial charge in [-0.3, -0.25) is 37.6 Å². The number of phosphoric acid groups is 4. The molecule has 2 aromatic heterocycles. The van der Waals surface area contributed by atoms with Gasteiger partial charge in [0.1, 0.15) is 48.9 Å². The van der Waals surface area contributed by atoms with E-state index in [1.165, 1.54) is 58.1 Å². The van der Waals surface area contributed by atoms with Gasteiger partial charge in [0, 0.05) is 101 Å². The number of aliphatic hydroxyl groups is 2. The Hall–Kier alpha value is -6.16. The maximum Gasteiger partial charge on any atom is 0.490 e. The number of phosphoric ester groups is 2. The van der Waals surface area contributed by atoms with Crippen LogP contribution in [0, 0.1) is 0 Å². The second-order valence-electron chi connectivity index (χ2n) is 25.5. The first-order valence-electron chi connectivity index (χ1n) is 33.0. The van der Waals surface area contributed by atoms with E-state index in [2.05, 4.69) is 83.2 Å². The number of allylic oxidation sites excluding steroid dienone is 6. The number of anilines is 3. The lowest BCUT2D eigenvalue weighted by Gasteiger charge is -2.27. The molecule has 6 heterocycles. The molecule has 4 aliphatic heterocycles. The Balaban J connectivity index is 0.860. The molecule has 40 nitrogen and oxygen atoms in total. The number of hydrogen-bond acceptors (Lipinski definition) is 30. The first-order valence-corrected chi connectivity index (χ1v) is 43.8. The Morgan fingerprint density at radius 3 is 2.16 bits per heavy atom. The van der Waals surface area contributed by atoms with Crippen molar-refractivity contribution in [3.63, 3.8) is 0 Å². The third-order valence-electron chi connectivity index (χ3n) is 17.1. The predicted molar refractivity (Wildman–Crippen MR) is 394 cm³/mol. The van der Waals surface area contributed by atoms with E-state index in [-0.39, 0.29) is 66.7 Å². The van der Waals surface area contributed by atoms with Gasteiger partial charge < -0.3 is 75.1 Å². The van der Waals surface area contributed by atoms with Crippen molar-refractivity contribution in [1.82, 2.24) is 29.7 Å². The quantitative estimate of drug-likeness (QED) is 0.00285. The summed E-state index contributed by atoms with van der Waals surface area (Å²) < 4.78 is 122. The Labute approximate surface area is 635 Å². The molecule has 0 spiro atoms. The van der Waals surface area contributed by atoms with E-state index in [1.807, 2.05) is 62.4 Å². The van der Waals surface area contributed by atoms with Crippen LogP contribution in [0.5, 0.6) is 0 Å². The zero-order valence-corrected chi connectivity index (χ0v) is 65.5. The number of aromatic nitrogens is 4. The van der Waals surface area contributed by atoms with Crippen molar-refractivity contribution < 1.29 is 136 Å². The number of ether oxygens (including phenoxy) is 3. The monoisotopic (exact) mass is 1690 g/mol. The number of amides is 3. The molecule has 109 heavy (non-hydrogen) atoms. The molecule has 2 fully saturated rings. The first kappa shape index (κ1) is 88.4. The highest BCUT2D eigenvalue weighted by Gasteiger charge is 2.46. The molecule has 0 radical (unpaired) electrons. The summed E-state index contributed by atoms with van der Waals surface area (Å²) in [5.41, 5.74) is 8.59. The van der Waals surface area contributed by atoms with E-state index in [1.54, 1.807) is 6.07 Å². The normalized spacial score (nSPS) is 21.6. The van der Waals surface area contributed by atoms with Crippen molar-refractivity contribution in [1.29, 1.82) is 0 Å². The lowest BCUT2D eigenvalue weighted by molar-refractivity contribution is -0.433. The number of nitrogen functional groups attached to an aromatic ring is 1. The average Bonchev–Trinajstić information content (AvgIpc) is 1.59. The maximum atomic E-state index is 13.9. The Morgan fingerprint density at radius 1 is 0.807 bits per heavy atom. The summed E-state index contributed by atoms with van der Waals surface area (Å²) in [6, 6.07) is 10.4. The highest BCUT2D eigenvalue weighted by Crippen LogP contribution is 2.66. The van der Waals surface area contributed by atoms with E-state index in [4.69, 9.17) is 44.8 Å². The molecular formula is C61H83N10O30P4S4+. The number of carbonyl (C=O) groups excluding carboxylic acids is 3. The molecule has 0 saturated carbocycles. The zero-order chi connectivity index (χ0) is 80.0. The molecule has 48 heteroatoms. The van der Waals surface area contributed by atoms with E-state index < -0.39 is 138 Å². The number of unbranched alkanes of at least 4 members (excludes halogenated alkanes) is 2. The summed E-state index contributed by atoms with van der Waals surface area (Å²) in [6.45, 7) is 9.37. The van der Waals surface area contributed by atoms with Gasteiger partial charge in [0.05, 0.1) is 54.4 Å². The average molecular weight is 1690 g/mol. The molecule has 3 unspecified atom stereocenters. The van der Waals surface area contributed by atoms with Gasteiger partial charge in [-0.05, 0) is 88.1 Å². The van der Waals surface area contributed by atoms with E-state index in [9.17, 15) is 75.2 Å². The highest BCUT2D eigenvalue weighted by atomic mass is 33.1. The number of aliphatic hydroxyl groups excluding tert-OH is 2. The molecule has 2 aromatic carbocycles. The minimum atomic E-state index is -5.83. The molecule has 4 aliphatic rings. The highest BCUT2D eigenvalue weighted by molar-refractivity contribution is 8.76. The topological polar surface area (TPSA) is 577 Å². The molecule has 4 aromatic rings. The zero-order valence-electron chi connectivity index (χ0n) is 58.7. The van der Waals surface area contributed by atoms with Gasteiger partial charge in [0.15, 0.2) is 5.71 Å². The lowest BCUT2D eigenvalue weighted by atomic mass is 9.81. The van der Waals surface area contributed by atoms with Crippen LogP contribution in [0.15, 0.2) is 116 Å². The molecule has 15 N–H and O–H groups in total. The van der Waals surface area contributed by atoms with E-state index in [0.29, 0.717) is 43.7 Å². The van der Waals surface area contributed by atoms with Gasteiger partial charge in [-0.15, -0.1) is 4.33 Å². The smallest absolute Gasteiger partial charge is 0.449 e. The fraction of sp³-hybridized carbons (Fsp3) is 0.475. The van der Waals surface area contributed by atoms with Crippen molar-refractivity contribution in [2.24, 2.45) is 0 Å². The summed E-state index contributed by atoms with van der Waals surface area (Å²) in [5, 5.41) is 41.3. The molecule has 9 atom stereocenters. The van der Waals surface area contributed by atoms with Crippen LogP contribution >= 0.6 is 64.9 Å². The van der Waals surface area contributed by atoms with Crippen molar-refractivity contribution in [3.05, 3.63) is 135 Å². The number of hydrogen-bond donors (Lipinski definition) is 14.